The Bertz CT molecular complexity index is 860. The molecule has 0 spiro atoms. The van der Waals surface area contributed by atoms with Gasteiger partial charge in [-0.05, 0) is 75.1 Å². The summed E-state index contributed by atoms with van der Waals surface area (Å²) >= 11 is 3.43. The molecule has 6 nitrogen and oxygen atoms in total. The lowest BCUT2D eigenvalue weighted by Crippen LogP contribution is -2.48. The second-order valence-electron chi connectivity index (χ2n) is 6.65. The highest BCUT2D eigenvalue weighted by Gasteiger charge is 2.18. The van der Waals surface area contributed by atoms with Gasteiger partial charge in [0.15, 0.2) is 12.7 Å². The minimum atomic E-state index is -0.779. The number of amides is 2. The number of nitrogens with one attached hydrogen (secondary N) is 2. The second kappa shape index (κ2) is 9.59. The third kappa shape index (κ3) is 5.73. The number of ether oxygens (including phenoxy) is 2. The van der Waals surface area contributed by atoms with E-state index in [1.807, 2.05) is 52.0 Å². The first-order valence-electron chi connectivity index (χ1n) is 8.90. The van der Waals surface area contributed by atoms with Crippen molar-refractivity contribution in [1.82, 2.24) is 10.9 Å². The molecular formula is C21H25BrN2O4. The summed E-state index contributed by atoms with van der Waals surface area (Å²) in [6, 6.07) is 9.47. The number of aryl methyl sites for hydroxylation is 3. The van der Waals surface area contributed by atoms with Crippen molar-refractivity contribution in [3.8, 4) is 11.5 Å². The number of benzene rings is 2. The summed E-state index contributed by atoms with van der Waals surface area (Å²) in [7, 11) is 0. The van der Waals surface area contributed by atoms with Gasteiger partial charge in [0.25, 0.3) is 11.8 Å². The van der Waals surface area contributed by atoms with Crippen LogP contribution in [0.2, 0.25) is 0 Å². The van der Waals surface area contributed by atoms with Gasteiger partial charge in [0.05, 0.1) is 0 Å². The molecule has 0 saturated heterocycles. The molecule has 28 heavy (non-hydrogen) atoms. The quantitative estimate of drug-likeness (QED) is 0.660. The van der Waals surface area contributed by atoms with E-state index in [9.17, 15) is 9.59 Å². The summed E-state index contributed by atoms with van der Waals surface area (Å²) < 4.78 is 12.2. The molecule has 2 rings (SSSR count). The molecule has 0 aromatic heterocycles. The van der Waals surface area contributed by atoms with E-state index in [1.54, 1.807) is 13.0 Å². The van der Waals surface area contributed by atoms with Crippen molar-refractivity contribution in [1.29, 1.82) is 0 Å². The molecule has 0 fully saturated rings. The number of hydrogen-bond donors (Lipinski definition) is 2. The van der Waals surface area contributed by atoms with Gasteiger partial charge in [-0.25, -0.2) is 0 Å². The van der Waals surface area contributed by atoms with E-state index >= 15 is 0 Å². The molecule has 150 valence electrons. The number of carbonyl (C=O) groups is 2. The van der Waals surface area contributed by atoms with Crippen molar-refractivity contribution >= 4 is 27.7 Å². The first kappa shape index (κ1) is 21.8. The van der Waals surface area contributed by atoms with Gasteiger partial charge < -0.3 is 9.47 Å². The van der Waals surface area contributed by atoms with Crippen LogP contribution in [0.15, 0.2) is 34.8 Å². The van der Waals surface area contributed by atoms with Gasteiger partial charge in [-0.15, -0.1) is 0 Å². The van der Waals surface area contributed by atoms with Gasteiger partial charge in [-0.3, -0.25) is 20.4 Å². The summed E-state index contributed by atoms with van der Waals surface area (Å²) in [6.07, 6.45) is -0.779. The largest absolute Gasteiger partial charge is 0.483 e. The maximum atomic E-state index is 12.2. The molecule has 0 saturated carbocycles. The fourth-order valence-corrected chi connectivity index (χ4v) is 3.29. The molecule has 0 aliphatic carbocycles. The van der Waals surface area contributed by atoms with E-state index in [1.165, 1.54) is 0 Å². The Morgan fingerprint density at radius 1 is 1.04 bits per heavy atom. The zero-order valence-electron chi connectivity index (χ0n) is 16.7. The van der Waals surface area contributed by atoms with E-state index in [4.69, 9.17) is 9.47 Å². The van der Waals surface area contributed by atoms with Crippen LogP contribution in [-0.2, 0) is 9.59 Å². The van der Waals surface area contributed by atoms with Crippen molar-refractivity contribution in [3.05, 3.63) is 57.1 Å². The van der Waals surface area contributed by atoms with Crippen LogP contribution in [0.1, 0.15) is 29.2 Å². The highest BCUT2D eigenvalue weighted by Crippen LogP contribution is 2.28. The second-order valence-corrected chi connectivity index (χ2v) is 7.57. The Labute approximate surface area is 173 Å². The fraction of sp³-hybridized carbons (Fsp3) is 0.333. The van der Waals surface area contributed by atoms with Gasteiger partial charge in [0.2, 0.25) is 0 Å². The van der Waals surface area contributed by atoms with Crippen molar-refractivity contribution in [2.24, 2.45) is 0 Å². The van der Waals surface area contributed by atoms with Crippen LogP contribution >= 0.6 is 15.9 Å². The Kier molecular flexibility index (Phi) is 7.45. The molecule has 2 aromatic carbocycles. The molecule has 0 bridgehead atoms. The smallest absolute Gasteiger partial charge is 0.279 e. The van der Waals surface area contributed by atoms with E-state index in [0.29, 0.717) is 11.5 Å². The zero-order chi connectivity index (χ0) is 20.8. The molecule has 7 heteroatoms. The molecule has 0 radical (unpaired) electrons. The van der Waals surface area contributed by atoms with Crippen LogP contribution in [0.4, 0.5) is 0 Å². The Morgan fingerprint density at radius 2 is 1.68 bits per heavy atom. The number of hydrogen-bond acceptors (Lipinski definition) is 4. The molecule has 0 aliphatic heterocycles. The van der Waals surface area contributed by atoms with Crippen LogP contribution in [0.3, 0.4) is 0 Å². The third-order valence-corrected chi connectivity index (χ3v) is 4.79. The molecular weight excluding hydrogens is 424 g/mol. The molecule has 1 atom stereocenters. The van der Waals surface area contributed by atoms with Crippen LogP contribution < -0.4 is 20.3 Å². The number of carbonyl (C=O) groups excluding carboxylic acids is 2. The highest BCUT2D eigenvalue weighted by molar-refractivity contribution is 9.10. The molecule has 2 aromatic rings. The van der Waals surface area contributed by atoms with Crippen LogP contribution in [0, 0.1) is 27.7 Å². The van der Waals surface area contributed by atoms with E-state index in [-0.39, 0.29) is 6.61 Å². The zero-order valence-corrected chi connectivity index (χ0v) is 18.3. The molecule has 2 amide bonds. The van der Waals surface area contributed by atoms with Crippen molar-refractivity contribution in [2.45, 2.75) is 40.7 Å². The number of halogens is 1. The minimum absolute atomic E-state index is 0.204. The average molecular weight is 449 g/mol. The van der Waals surface area contributed by atoms with Crippen LogP contribution in [-0.4, -0.2) is 24.5 Å². The predicted octanol–water partition coefficient (Wildman–Crippen LogP) is 3.68. The first-order valence-corrected chi connectivity index (χ1v) is 9.69. The predicted molar refractivity (Wildman–Crippen MR) is 111 cm³/mol. The van der Waals surface area contributed by atoms with E-state index in [2.05, 4.69) is 26.8 Å². The molecule has 0 heterocycles. The Hall–Kier alpha value is -2.54. The van der Waals surface area contributed by atoms with Gasteiger partial charge in [-0.1, -0.05) is 28.1 Å². The van der Waals surface area contributed by atoms with E-state index < -0.39 is 17.9 Å². The fourth-order valence-electron chi connectivity index (χ4n) is 2.61. The number of hydrazine groups is 1. The summed E-state index contributed by atoms with van der Waals surface area (Å²) in [5, 5.41) is 0. The number of rotatable bonds is 6. The summed E-state index contributed by atoms with van der Waals surface area (Å²) in [5.74, 6) is 0.370. The van der Waals surface area contributed by atoms with Crippen molar-refractivity contribution in [2.75, 3.05) is 6.61 Å². The monoisotopic (exact) mass is 448 g/mol. The summed E-state index contributed by atoms with van der Waals surface area (Å²) in [4.78, 5) is 24.2. The maximum absolute atomic E-state index is 12.2. The molecule has 1 unspecified atom stereocenters. The Balaban J connectivity index is 1.84. The van der Waals surface area contributed by atoms with Gasteiger partial charge >= 0.3 is 0 Å². The summed E-state index contributed by atoms with van der Waals surface area (Å²) in [6.45, 7) is 9.13. The van der Waals surface area contributed by atoms with Gasteiger partial charge in [0, 0.05) is 4.47 Å². The lowest BCUT2D eigenvalue weighted by atomic mass is 10.1. The maximum Gasteiger partial charge on any atom is 0.279 e. The lowest BCUT2D eigenvalue weighted by Gasteiger charge is -2.18. The minimum Gasteiger partial charge on any atom is -0.483 e. The van der Waals surface area contributed by atoms with Crippen molar-refractivity contribution < 1.29 is 19.1 Å². The van der Waals surface area contributed by atoms with E-state index in [0.717, 1.165) is 26.7 Å². The van der Waals surface area contributed by atoms with Gasteiger partial charge in [-0.2, -0.15) is 0 Å². The normalized spacial score (nSPS) is 11.5. The van der Waals surface area contributed by atoms with Gasteiger partial charge in [0.1, 0.15) is 11.5 Å². The first-order chi connectivity index (χ1) is 13.2. The highest BCUT2D eigenvalue weighted by atomic mass is 79.9. The van der Waals surface area contributed by atoms with Crippen LogP contribution in [0.5, 0.6) is 11.5 Å². The van der Waals surface area contributed by atoms with Crippen molar-refractivity contribution in [3.63, 3.8) is 0 Å². The molecule has 0 aliphatic rings. The standard InChI is InChI=1S/C21H25BrN2O4/c1-12-7-6-8-18(15(12)4)27-11-19(25)23-24-21(26)16(5)28-20-13(2)9-17(22)10-14(20)3/h6-10,16H,11H2,1-5H3,(H,23,25)(H,24,26). The van der Waals surface area contributed by atoms with Crippen LogP contribution in [0.25, 0.3) is 0 Å². The topological polar surface area (TPSA) is 76.7 Å². The lowest BCUT2D eigenvalue weighted by molar-refractivity contribution is -0.133. The SMILES string of the molecule is Cc1cccc(OCC(=O)NNC(=O)C(C)Oc2c(C)cc(Br)cc2C)c1C. The summed E-state index contributed by atoms with van der Waals surface area (Å²) in [5.41, 5.74) is 8.58. The average Bonchev–Trinajstić information content (AvgIpc) is 2.63. The Morgan fingerprint density at radius 3 is 2.32 bits per heavy atom. The molecule has 2 N–H and O–H groups in total. The third-order valence-electron chi connectivity index (χ3n) is 4.33.